The van der Waals surface area contributed by atoms with Crippen LogP contribution in [-0.4, -0.2) is 36.6 Å². The van der Waals surface area contributed by atoms with Gasteiger partial charge in [0.05, 0.1) is 29.0 Å². The predicted molar refractivity (Wildman–Crippen MR) is 108 cm³/mol. The number of hydrogen-bond donors (Lipinski definition) is 1. The van der Waals surface area contributed by atoms with Gasteiger partial charge in [-0.3, -0.25) is 4.98 Å². The van der Waals surface area contributed by atoms with Gasteiger partial charge in [-0.2, -0.15) is 15.4 Å². The third-order valence-corrected chi connectivity index (χ3v) is 4.55. The van der Waals surface area contributed by atoms with Gasteiger partial charge in [-0.25, -0.2) is 13.8 Å². The molecule has 0 spiro atoms. The second kappa shape index (κ2) is 7.86. The molecule has 0 unspecified atom stereocenters. The standard InChI is InChI=1S/C21H18F2N6O/c1-4-7-30-17-10-14(22)9-15(23)18(17)21-20(25-11-29(21)3)16-8-13(5-6-24-16)19-12(2)26-28-27-19/h4-6,8-11H,1,7H2,2-3H3,(H,26,27,28). The van der Waals surface area contributed by atoms with Gasteiger partial charge in [0, 0.05) is 30.9 Å². The number of nitrogens with one attached hydrogen (secondary N) is 1. The molecule has 0 fully saturated rings. The molecule has 0 atom stereocenters. The molecule has 0 amide bonds. The summed E-state index contributed by atoms with van der Waals surface area (Å²) in [5.41, 5.74) is 3.63. The maximum absolute atomic E-state index is 14.9. The second-order valence-corrected chi connectivity index (χ2v) is 6.60. The molecule has 0 radical (unpaired) electrons. The molecule has 7 nitrogen and oxygen atoms in total. The Hall–Kier alpha value is -3.88. The van der Waals surface area contributed by atoms with Crippen molar-refractivity contribution < 1.29 is 13.5 Å². The van der Waals surface area contributed by atoms with Gasteiger partial charge >= 0.3 is 0 Å². The lowest BCUT2D eigenvalue weighted by atomic mass is 10.0. The average Bonchev–Trinajstić information content (AvgIpc) is 3.32. The molecular formula is C21H18F2N6O. The Morgan fingerprint density at radius 1 is 1.17 bits per heavy atom. The molecule has 0 aliphatic carbocycles. The van der Waals surface area contributed by atoms with E-state index in [1.807, 2.05) is 6.92 Å². The molecule has 9 heteroatoms. The Kier molecular flexibility index (Phi) is 5.09. The van der Waals surface area contributed by atoms with Crippen molar-refractivity contribution in [2.45, 2.75) is 6.92 Å². The van der Waals surface area contributed by atoms with Gasteiger partial charge < -0.3 is 9.30 Å². The Morgan fingerprint density at radius 2 is 2.00 bits per heavy atom. The largest absolute Gasteiger partial charge is 0.489 e. The molecule has 1 N–H and O–H groups in total. The minimum absolute atomic E-state index is 0.0563. The summed E-state index contributed by atoms with van der Waals surface area (Å²) in [6.45, 7) is 5.52. The van der Waals surface area contributed by atoms with E-state index in [4.69, 9.17) is 4.74 Å². The van der Waals surface area contributed by atoms with Gasteiger partial charge in [0.25, 0.3) is 0 Å². The molecule has 152 valence electrons. The first-order valence-electron chi connectivity index (χ1n) is 9.08. The molecule has 4 rings (SSSR count). The van der Waals surface area contributed by atoms with Crippen molar-refractivity contribution in [1.29, 1.82) is 0 Å². The number of hydrogen-bond acceptors (Lipinski definition) is 5. The number of ether oxygens (including phenoxy) is 1. The molecule has 0 saturated carbocycles. The lowest BCUT2D eigenvalue weighted by Gasteiger charge is -2.14. The Labute approximate surface area is 171 Å². The van der Waals surface area contributed by atoms with Crippen LogP contribution in [0.4, 0.5) is 8.78 Å². The number of aryl methyl sites for hydroxylation is 2. The predicted octanol–water partition coefficient (Wildman–Crippen LogP) is 4.09. The highest BCUT2D eigenvalue weighted by Gasteiger charge is 2.23. The molecule has 3 heterocycles. The summed E-state index contributed by atoms with van der Waals surface area (Å²) in [4.78, 5) is 8.81. The number of rotatable bonds is 6. The maximum atomic E-state index is 14.9. The van der Waals surface area contributed by atoms with Crippen LogP contribution in [0.3, 0.4) is 0 Å². The molecule has 0 bridgehead atoms. The van der Waals surface area contributed by atoms with Crippen LogP contribution >= 0.6 is 0 Å². The Balaban J connectivity index is 1.89. The minimum Gasteiger partial charge on any atom is -0.489 e. The van der Waals surface area contributed by atoms with Crippen molar-refractivity contribution in [2.24, 2.45) is 7.05 Å². The highest BCUT2D eigenvalue weighted by molar-refractivity contribution is 5.82. The number of benzene rings is 1. The molecule has 4 aromatic rings. The van der Waals surface area contributed by atoms with E-state index in [1.54, 1.807) is 36.3 Å². The van der Waals surface area contributed by atoms with Crippen molar-refractivity contribution in [3.8, 4) is 39.7 Å². The van der Waals surface area contributed by atoms with Gasteiger partial charge in [-0.1, -0.05) is 12.7 Å². The highest BCUT2D eigenvalue weighted by atomic mass is 19.1. The molecule has 30 heavy (non-hydrogen) atoms. The third kappa shape index (κ3) is 3.45. The normalized spacial score (nSPS) is 10.9. The van der Waals surface area contributed by atoms with E-state index in [9.17, 15) is 8.78 Å². The van der Waals surface area contributed by atoms with Crippen LogP contribution < -0.4 is 4.74 Å². The van der Waals surface area contributed by atoms with Gasteiger partial charge in [0.15, 0.2) is 0 Å². The van der Waals surface area contributed by atoms with E-state index in [-0.39, 0.29) is 17.9 Å². The van der Waals surface area contributed by atoms with Crippen LogP contribution in [0.5, 0.6) is 5.75 Å². The quantitative estimate of drug-likeness (QED) is 0.486. The summed E-state index contributed by atoms with van der Waals surface area (Å²) in [5, 5.41) is 10.8. The lowest BCUT2D eigenvalue weighted by molar-refractivity contribution is 0.359. The van der Waals surface area contributed by atoms with Crippen LogP contribution in [0.1, 0.15) is 5.69 Å². The van der Waals surface area contributed by atoms with Crippen molar-refractivity contribution in [1.82, 2.24) is 29.9 Å². The smallest absolute Gasteiger partial charge is 0.139 e. The molecule has 0 aliphatic rings. The second-order valence-electron chi connectivity index (χ2n) is 6.60. The number of halogens is 2. The summed E-state index contributed by atoms with van der Waals surface area (Å²) < 4.78 is 35.9. The monoisotopic (exact) mass is 408 g/mol. The maximum Gasteiger partial charge on any atom is 0.139 e. The number of imidazole rings is 1. The van der Waals surface area contributed by atoms with E-state index in [2.05, 4.69) is 32.0 Å². The van der Waals surface area contributed by atoms with Crippen molar-refractivity contribution in [2.75, 3.05) is 6.61 Å². The van der Waals surface area contributed by atoms with Crippen LogP contribution in [0.15, 0.2) is 49.4 Å². The van der Waals surface area contributed by atoms with Crippen LogP contribution in [0.2, 0.25) is 0 Å². The minimum atomic E-state index is -0.762. The van der Waals surface area contributed by atoms with E-state index in [0.29, 0.717) is 22.8 Å². The summed E-state index contributed by atoms with van der Waals surface area (Å²) in [6.07, 6.45) is 4.66. The SMILES string of the molecule is C=CCOc1cc(F)cc(F)c1-c1c(-c2cc(-c3n[nH]nc3C)ccn2)ncn1C. The third-order valence-electron chi connectivity index (χ3n) is 4.55. The zero-order valence-corrected chi connectivity index (χ0v) is 16.4. The number of aromatic amines is 1. The van der Waals surface area contributed by atoms with Gasteiger partial charge in [0.1, 0.15) is 35.4 Å². The van der Waals surface area contributed by atoms with E-state index < -0.39 is 11.6 Å². The average molecular weight is 408 g/mol. The van der Waals surface area contributed by atoms with E-state index >= 15 is 0 Å². The van der Waals surface area contributed by atoms with E-state index in [1.165, 1.54) is 6.08 Å². The lowest BCUT2D eigenvalue weighted by Crippen LogP contribution is -2.02. The first kappa shape index (κ1) is 19.4. The van der Waals surface area contributed by atoms with Gasteiger partial charge in [-0.05, 0) is 19.1 Å². The van der Waals surface area contributed by atoms with Crippen LogP contribution in [-0.2, 0) is 7.05 Å². The van der Waals surface area contributed by atoms with E-state index in [0.717, 1.165) is 23.4 Å². The fraction of sp³-hybridized carbons (Fsp3) is 0.143. The zero-order valence-electron chi connectivity index (χ0n) is 16.4. The van der Waals surface area contributed by atoms with Crippen LogP contribution in [0, 0.1) is 18.6 Å². The Morgan fingerprint density at radius 3 is 2.73 bits per heavy atom. The van der Waals surface area contributed by atoms with Crippen molar-refractivity contribution in [3.63, 3.8) is 0 Å². The molecule has 1 aromatic carbocycles. The Bertz CT molecular complexity index is 1230. The van der Waals surface area contributed by atoms with Crippen molar-refractivity contribution >= 4 is 0 Å². The van der Waals surface area contributed by atoms with Crippen LogP contribution in [0.25, 0.3) is 33.9 Å². The first-order chi connectivity index (χ1) is 14.5. The summed E-state index contributed by atoms with van der Waals surface area (Å²) in [5.74, 6) is -1.44. The fourth-order valence-corrected chi connectivity index (χ4v) is 3.22. The number of nitrogens with zero attached hydrogens (tertiary/aromatic N) is 5. The zero-order chi connectivity index (χ0) is 21.3. The first-order valence-corrected chi connectivity index (χ1v) is 9.08. The molecule has 0 aliphatic heterocycles. The number of pyridine rings is 1. The number of aromatic nitrogens is 6. The highest BCUT2D eigenvalue weighted by Crippen LogP contribution is 2.39. The van der Waals surface area contributed by atoms with Gasteiger partial charge in [0.2, 0.25) is 0 Å². The molecular weight excluding hydrogens is 390 g/mol. The summed E-state index contributed by atoms with van der Waals surface area (Å²) in [6, 6.07) is 5.55. The summed E-state index contributed by atoms with van der Waals surface area (Å²) in [7, 11) is 1.72. The fourth-order valence-electron chi connectivity index (χ4n) is 3.22. The topological polar surface area (TPSA) is 81.5 Å². The van der Waals surface area contributed by atoms with Gasteiger partial charge in [-0.15, -0.1) is 0 Å². The molecule has 3 aromatic heterocycles. The summed E-state index contributed by atoms with van der Waals surface area (Å²) >= 11 is 0. The number of H-pyrrole nitrogens is 1. The molecule has 0 saturated heterocycles. The van der Waals surface area contributed by atoms with Crippen molar-refractivity contribution in [3.05, 3.63) is 66.8 Å².